The third-order valence-electron chi connectivity index (χ3n) is 5.20. The maximum atomic E-state index is 12.4. The van der Waals surface area contributed by atoms with Gasteiger partial charge in [0.15, 0.2) is 23.0 Å². The van der Waals surface area contributed by atoms with E-state index in [1.807, 2.05) is 38.1 Å². The van der Waals surface area contributed by atoms with E-state index in [1.54, 1.807) is 24.3 Å². The lowest BCUT2D eigenvalue weighted by Gasteiger charge is -2.13. The van der Waals surface area contributed by atoms with E-state index in [9.17, 15) is 9.59 Å². The van der Waals surface area contributed by atoms with Gasteiger partial charge in [0, 0.05) is 5.56 Å². The summed E-state index contributed by atoms with van der Waals surface area (Å²) in [6.07, 6.45) is 1.49. The number of ether oxygens (including phenoxy) is 4. The largest absolute Gasteiger partial charge is 0.493 e. The fraction of sp³-hybridized carbons (Fsp3) is 0.250. The van der Waals surface area contributed by atoms with Gasteiger partial charge < -0.3 is 24.3 Å². The van der Waals surface area contributed by atoms with E-state index in [4.69, 9.17) is 18.9 Å². The molecule has 0 aliphatic rings. The van der Waals surface area contributed by atoms with Gasteiger partial charge in [0.05, 0.1) is 33.6 Å². The Hall–Kier alpha value is -4.53. The number of carbonyl (C=O) groups excluding carboxylic acids is 2. The van der Waals surface area contributed by atoms with Gasteiger partial charge in [-0.25, -0.2) is 5.43 Å². The maximum absolute atomic E-state index is 12.4. The number of benzene rings is 3. The highest BCUT2D eigenvalue weighted by molar-refractivity contribution is 5.97. The molecule has 3 aromatic rings. The van der Waals surface area contributed by atoms with Crippen molar-refractivity contribution in [1.82, 2.24) is 10.7 Å². The summed E-state index contributed by atoms with van der Waals surface area (Å²) in [5, 5.41) is 6.51. The number of aryl methyl sites for hydroxylation is 1. The molecule has 0 spiro atoms. The zero-order valence-corrected chi connectivity index (χ0v) is 21.4. The second-order valence-corrected chi connectivity index (χ2v) is 7.96. The molecule has 3 aromatic carbocycles. The van der Waals surface area contributed by atoms with Crippen LogP contribution in [0.2, 0.25) is 0 Å². The summed E-state index contributed by atoms with van der Waals surface area (Å²) in [6, 6.07) is 18.2. The third kappa shape index (κ3) is 7.99. The third-order valence-corrected chi connectivity index (χ3v) is 5.20. The Balaban J connectivity index is 1.53. The lowest BCUT2D eigenvalue weighted by atomic mass is 10.1. The van der Waals surface area contributed by atoms with Crippen LogP contribution >= 0.6 is 0 Å². The van der Waals surface area contributed by atoms with Crippen molar-refractivity contribution in [2.24, 2.45) is 5.10 Å². The zero-order chi connectivity index (χ0) is 26.6. The maximum Gasteiger partial charge on any atom is 0.259 e. The second kappa shape index (κ2) is 13.5. The number of amides is 2. The van der Waals surface area contributed by atoms with Crippen molar-refractivity contribution < 1.29 is 28.5 Å². The van der Waals surface area contributed by atoms with Crippen LogP contribution in [0.3, 0.4) is 0 Å². The number of rotatable bonds is 12. The molecule has 2 N–H and O–H groups in total. The van der Waals surface area contributed by atoms with Crippen molar-refractivity contribution in [3.63, 3.8) is 0 Å². The minimum atomic E-state index is -0.479. The van der Waals surface area contributed by atoms with Crippen LogP contribution in [0.4, 0.5) is 0 Å². The van der Waals surface area contributed by atoms with E-state index >= 15 is 0 Å². The summed E-state index contributed by atoms with van der Waals surface area (Å²) < 4.78 is 22.0. The number of hydrogen-bond donors (Lipinski definition) is 2. The standard InChI is InChI=1S/C28H31N3O6/c1-5-36-26-14-20(9-11-24(26)37-18-21-8-6-7-19(2)13-21)16-30-31-27(32)17-29-28(33)22-10-12-23(34-3)25(15-22)35-4/h6-16H,5,17-18H2,1-4H3,(H,29,33)(H,31,32)/b30-16-. The van der Waals surface area contributed by atoms with E-state index in [0.717, 1.165) is 5.56 Å². The minimum absolute atomic E-state index is 0.250. The van der Waals surface area contributed by atoms with E-state index < -0.39 is 11.8 Å². The van der Waals surface area contributed by atoms with Crippen LogP contribution in [0, 0.1) is 6.92 Å². The predicted octanol–water partition coefficient (Wildman–Crippen LogP) is 3.87. The Bertz CT molecular complexity index is 1260. The molecule has 0 unspecified atom stereocenters. The number of hydrogen-bond acceptors (Lipinski definition) is 7. The lowest BCUT2D eigenvalue weighted by Crippen LogP contribution is -2.34. The Labute approximate surface area is 216 Å². The molecule has 3 rings (SSSR count). The SMILES string of the molecule is CCOc1cc(/C=N\NC(=O)CNC(=O)c2ccc(OC)c(OC)c2)ccc1OCc1cccc(C)c1. The van der Waals surface area contributed by atoms with Crippen LogP contribution in [0.1, 0.15) is 34.0 Å². The first-order chi connectivity index (χ1) is 17.9. The van der Waals surface area contributed by atoms with Crippen LogP contribution in [0.25, 0.3) is 0 Å². The molecule has 0 fully saturated rings. The van der Waals surface area contributed by atoms with Gasteiger partial charge in [-0.2, -0.15) is 5.10 Å². The number of hydrazone groups is 1. The zero-order valence-electron chi connectivity index (χ0n) is 21.4. The Morgan fingerprint density at radius 3 is 2.41 bits per heavy atom. The normalized spacial score (nSPS) is 10.6. The molecular formula is C28H31N3O6. The van der Waals surface area contributed by atoms with E-state index in [0.29, 0.717) is 47.3 Å². The molecule has 0 aromatic heterocycles. The Kier molecular flexibility index (Phi) is 9.90. The molecule has 9 heteroatoms. The molecule has 0 aliphatic heterocycles. The molecule has 0 heterocycles. The minimum Gasteiger partial charge on any atom is -0.493 e. The second-order valence-electron chi connectivity index (χ2n) is 7.96. The highest BCUT2D eigenvalue weighted by atomic mass is 16.5. The summed E-state index contributed by atoms with van der Waals surface area (Å²) >= 11 is 0. The molecule has 194 valence electrons. The number of nitrogens with zero attached hydrogens (tertiary/aromatic N) is 1. The summed E-state index contributed by atoms with van der Waals surface area (Å²) in [7, 11) is 2.99. The highest BCUT2D eigenvalue weighted by Crippen LogP contribution is 2.29. The topological polar surface area (TPSA) is 107 Å². The van der Waals surface area contributed by atoms with Gasteiger partial charge in [0.25, 0.3) is 11.8 Å². The van der Waals surface area contributed by atoms with Crippen LogP contribution in [0.5, 0.6) is 23.0 Å². The molecule has 0 radical (unpaired) electrons. The van der Waals surface area contributed by atoms with Crippen molar-refractivity contribution in [2.45, 2.75) is 20.5 Å². The fourth-order valence-corrected chi connectivity index (χ4v) is 3.41. The van der Waals surface area contributed by atoms with Gasteiger partial charge in [0.1, 0.15) is 6.61 Å². The molecule has 0 atom stereocenters. The summed E-state index contributed by atoms with van der Waals surface area (Å²) in [4.78, 5) is 24.5. The smallest absolute Gasteiger partial charge is 0.259 e. The van der Waals surface area contributed by atoms with Gasteiger partial charge in [-0.05, 0) is 61.4 Å². The molecule has 9 nitrogen and oxygen atoms in total. The number of nitrogens with one attached hydrogen (secondary N) is 2. The average molecular weight is 506 g/mol. The van der Waals surface area contributed by atoms with Crippen molar-refractivity contribution in [1.29, 1.82) is 0 Å². The first kappa shape index (κ1) is 27.1. The van der Waals surface area contributed by atoms with Crippen LogP contribution in [-0.2, 0) is 11.4 Å². The van der Waals surface area contributed by atoms with Crippen molar-refractivity contribution in [2.75, 3.05) is 27.4 Å². The molecule has 2 amide bonds. The summed E-state index contributed by atoms with van der Waals surface area (Å²) in [6.45, 7) is 4.56. The first-order valence-corrected chi connectivity index (χ1v) is 11.7. The summed E-state index contributed by atoms with van der Waals surface area (Å²) in [5.74, 6) is 1.21. The van der Waals surface area contributed by atoms with Crippen molar-refractivity contribution in [3.05, 3.63) is 82.9 Å². The average Bonchev–Trinajstić information content (AvgIpc) is 2.91. The monoisotopic (exact) mass is 505 g/mol. The fourth-order valence-electron chi connectivity index (χ4n) is 3.41. The molecule has 0 saturated heterocycles. The van der Waals surface area contributed by atoms with Crippen molar-refractivity contribution >= 4 is 18.0 Å². The first-order valence-electron chi connectivity index (χ1n) is 11.7. The highest BCUT2D eigenvalue weighted by Gasteiger charge is 2.12. The summed E-state index contributed by atoms with van der Waals surface area (Å²) in [5.41, 5.74) is 5.67. The van der Waals surface area contributed by atoms with E-state index in [-0.39, 0.29) is 6.54 Å². The van der Waals surface area contributed by atoms with Gasteiger partial charge in [-0.3, -0.25) is 9.59 Å². The quantitative estimate of drug-likeness (QED) is 0.286. The van der Waals surface area contributed by atoms with Gasteiger partial charge in [0.2, 0.25) is 0 Å². The predicted molar refractivity (Wildman–Crippen MR) is 141 cm³/mol. The van der Waals surface area contributed by atoms with Crippen LogP contribution in [-0.4, -0.2) is 45.4 Å². The number of methoxy groups -OCH3 is 2. The molecular weight excluding hydrogens is 474 g/mol. The van der Waals surface area contributed by atoms with E-state index in [2.05, 4.69) is 21.9 Å². The molecule has 37 heavy (non-hydrogen) atoms. The van der Waals surface area contributed by atoms with Gasteiger partial charge in [-0.1, -0.05) is 29.8 Å². The van der Waals surface area contributed by atoms with Crippen molar-refractivity contribution in [3.8, 4) is 23.0 Å². The van der Waals surface area contributed by atoms with Crippen LogP contribution < -0.4 is 29.7 Å². The lowest BCUT2D eigenvalue weighted by molar-refractivity contribution is -0.120. The van der Waals surface area contributed by atoms with E-state index in [1.165, 1.54) is 32.1 Å². The molecule has 0 saturated carbocycles. The van der Waals surface area contributed by atoms with Gasteiger partial charge in [-0.15, -0.1) is 0 Å². The Morgan fingerprint density at radius 2 is 1.68 bits per heavy atom. The Morgan fingerprint density at radius 1 is 0.892 bits per heavy atom. The van der Waals surface area contributed by atoms with Gasteiger partial charge >= 0.3 is 0 Å². The van der Waals surface area contributed by atoms with Crippen LogP contribution in [0.15, 0.2) is 65.8 Å². The molecule has 0 aliphatic carbocycles. The number of carbonyl (C=O) groups is 2. The molecule has 0 bridgehead atoms.